The van der Waals surface area contributed by atoms with Crippen molar-refractivity contribution in [3.05, 3.63) is 41.5 Å². The summed E-state index contributed by atoms with van der Waals surface area (Å²) < 4.78 is 82.2. The van der Waals surface area contributed by atoms with Crippen LogP contribution in [0.25, 0.3) is 6.08 Å². The maximum atomic E-state index is 11.5. The van der Waals surface area contributed by atoms with E-state index in [2.05, 4.69) is 18.2 Å². The summed E-state index contributed by atoms with van der Waals surface area (Å²) in [7, 11) is -6.42. The molecule has 1 aromatic carbocycles. The summed E-state index contributed by atoms with van der Waals surface area (Å²) in [5.74, 6) is 0. The van der Waals surface area contributed by atoms with Gasteiger partial charge in [0.2, 0.25) is 0 Å². The van der Waals surface area contributed by atoms with Crippen molar-refractivity contribution in [3.63, 3.8) is 0 Å². The lowest BCUT2D eigenvalue weighted by molar-refractivity contribution is -0.243. The van der Waals surface area contributed by atoms with Crippen molar-refractivity contribution in [1.29, 1.82) is 0 Å². The van der Waals surface area contributed by atoms with E-state index in [0.717, 1.165) is 0 Å². The Morgan fingerprint density at radius 2 is 1.62 bits per heavy atom. The molecule has 1 unspecified atom stereocenters. The fourth-order valence-corrected chi connectivity index (χ4v) is 1.72. The number of fused-ring (bicyclic) bond motifs is 1. The van der Waals surface area contributed by atoms with Crippen molar-refractivity contribution < 1.29 is 34.9 Å². The lowest BCUT2D eigenvalue weighted by atomic mass is 10.1. The van der Waals surface area contributed by atoms with Crippen molar-refractivity contribution in [1.82, 2.24) is 0 Å². The summed E-state index contributed by atoms with van der Waals surface area (Å²) >= 11 is 0. The van der Waals surface area contributed by atoms with Crippen molar-refractivity contribution in [2.75, 3.05) is 0 Å². The average molecular weight is 331 g/mol. The largest absolute Gasteiger partial charge is 0.472 e. The number of nitrogens with two attached hydrogens (primary N) is 1. The van der Waals surface area contributed by atoms with Crippen LogP contribution in [-0.4, -0.2) is 24.4 Å². The molecule has 4 nitrogen and oxygen atoms in total. The molecule has 1 aliphatic rings. The van der Waals surface area contributed by atoms with Crippen LogP contribution < -0.4 is 5.73 Å². The monoisotopic (exact) mass is 331 g/mol. The first kappa shape index (κ1) is 17.5. The Kier molecular flexibility index (Phi) is 4.76. The highest BCUT2D eigenvalue weighted by atomic mass is 32.2. The van der Waals surface area contributed by atoms with E-state index < -0.39 is 21.5 Å². The van der Waals surface area contributed by atoms with Gasteiger partial charge in [0.05, 0.1) is 0 Å². The first-order valence-corrected chi connectivity index (χ1v) is 6.76. The zero-order chi connectivity index (χ0) is 16.5. The highest BCUT2D eigenvalue weighted by Gasteiger charge is 2.67. The molecule has 0 fully saturated rings. The summed E-state index contributed by atoms with van der Waals surface area (Å²) in [6.07, 6.45) is -2.20. The van der Waals surface area contributed by atoms with E-state index in [-0.39, 0.29) is 6.04 Å². The average Bonchev–Trinajstić information content (AvgIpc) is 2.70. The van der Waals surface area contributed by atoms with E-state index >= 15 is 0 Å². The summed E-state index contributed by atoms with van der Waals surface area (Å²) in [4.78, 5) is 0. The van der Waals surface area contributed by atoms with E-state index in [1.807, 2.05) is 18.2 Å². The number of alkyl halides is 5. The Balaban J connectivity index is 0.000000210. The van der Waals surface area contributed by atoms with Gasteiger partial charge in [0, 0.05) is 6.04 Å². The van der Waals surface area contributed by atoms with Crippen LogP contribution in [0.15, 0.2) is 30.3 Å². The van der Waals surface area contributed by atoms with E-state index in [1.165, 1.54) is 11.1 Å². The summed E-state index contributed by atoms with van der Waals surface area (Å²) in [5, 5.41) is -6.10. The van der Waals surface area contributed by atoms with E-state index in [0.29, 0.717) is 0 Å². The minimum absolute atomic E-state index is 0.121. The van der Waals surface area contributed by atoms with Crippen LogP contribution in [0.3, 0.4) is 0 Å². The number of halogens is 5. The number of rotatable bonds is 1. The normalized spacial score (nSPS) is 18.0. The second kappa shape index (κ2) is 5.70. The van der Waals surface area contributed by atoms with Gasteiger partial charge in [-0.15, -0.1) is 0 Å². The van der Waals surface area contributed by atoms with E-state index in [4.69, 9.17) is 10.3 Å². The van der Waals surface area contributed by atoms with Crippen LogP contribution in [0.4, 0.5) is 22.0 Å². The molecule has 1 aromatic rings. The standard InChI is InChI=1S/C9H9N.C2HF5O3S/c10-9-6-5-7-3-1-2-4-8(7)9;3-1(4,5)2(6,7)11(8,9)10/h1-6,9H,10H2;(H,8,9,10). The predicted molar refractivity (Wildman–Crippen MR) is 65.0 cm³/mol. The van der Waals surface area contributed by atoms with Crippen LogP contribution in [0.5, 0.6) is 0 Å². The number of hydrogen-bond donors (Lipinski definition) is 2. The topological polar surface area (TPSA) is 80.4 Å². The fourth-order valence-electron chi connectivity index (χ4n) is 1.42. The molecule has 0 saturated heterocycles. The first-order valence-electron chi connectivity index (χ1n) is 5.32. The van der Waals surface area contributed by atoms with Crippen LogP contribution in [0.2, 0.25) is 0 Å². The molecular weight excluding hydrogens is 321 g/mol. The molecule has 118 valence electrons. The van der Waals surface area contributed by atoms with Gasteiger partial charge >= 0.3 is 21.5 Å². The molecular formula is C11H10F5NO3S. The maximum Gasteiger partial charge on any atom is 0.472 e. The lowest BCUT2D eigenvalue weighted by Crippen LogP contribution is -2.43. The highest BCUT2D eigenvalue weighted by molar-refractivity contribution is 7.86. The second-order valence-electron chi connectivity index (χ2n) is 4.00. The van der Waals surface area contributed by atoms with Crippen molar-refractivity contribution >= 4 is 16.2 Å². The zero-order valence-electron chi connectivity index (χ0n) is 10.2. The molecule has 10 heteroatoms. The van der Waals surface area contributed by atoms with Gasteiger partial charge in [0.25, 0.3) is 0 Å². The molecule has 0 saturated carbocycles. The third-order valence-electron chi connectivity index (χ3n) is 2.49. The summed E-state index contributed by atoms with van der Waals surface area (Å²) in [5.41, 5.74) is 8.26. The molecule has 0 aromatic heterocycles. The number of benzene rings is 1. The van der Waals surface area contributed by atoms with Gasteiger partial charge in [-0.2, -0.15) is 30.4 Å². The number of hydrogen-bond acceptors (Lipinski definition) is 3. The molecule has 0 bridgehead atoms. The van der Waals surface area contributed by atoms with Gasteiger partial charge in [0.15, 0.2) is 0 Å². The quantitative estimate of drug-likeness (QED) is 0.612. The van der Waals surface area contributed by atoms with Crippen molar-refractivity contribution in [2.45, 2.75) is 17.5 Å². The Bertz CT molecular complexity index is 640. The highest BCUT2D eigenvalue weighted by Crippen LogP contribution is 2.38. The van der Waals surface area contributed by atoms with E-state index in [9.17, 15) is 30.4 Å². The lowest BCUT2D eigenvalue weighted by Gasteiger charge is -2.15. The smallest absolute Gasteiger partial charge is 0.321 e. The molecule has 0 spiro atoms. The molecule has 1 aliphatic carbocycles. The van der Waals surface area contributed by atoms with Crippen LogP contribution >= 0.6 is 0 Å². The SMILES string of the molecule is NC1C=Cc2ccccc21.O=S(=O)(O)C(F)(F)C(F)(F)F. The fraction of sp³-hybridized carbons (Fsp3) is 0.273. The van der Waals surface area contributed by atoms with Crippen molar-refractivity contribution in [3.8, 4) is 0 Å². The first-order chi connectivity index (χ1) is 9.38. The zero-order valence-corrected chi connectivity index (χ0v) is 11.0. The minimum Gasteiger partial charge on any atom is -0.321 e. The molecule has 1 atom stereocenters. The van der Waals surface area contributed by atoms with Crippen LogP contribution in [-0.2, 0) is 10.1 Å². The molecule has 2 rings (SSSR count). The second-order valence-corrected chi connectivity index (χ2v) is 5.47. The Labute approximate surface area is 116 Å². The molecule has 3 N–H and O–H groups in total. The third-order valence-corrected chi connectivity index (χ3v) is 3.37. The molecule has 0 amide bonds. The maximum absolute atomic E-state index is 11.5. The van der Waals surface area contributed by atoms with Crippen molar-refractivity contribution in [2.24, 2.45) is 5.73 Å². The molecule has 21 heavy (non-hydrogen) atoms. The molecule has 0 aliphatic heterocycles. The predicted octanol–water partition coefficient (Wildman–Crippen LogP) is 2.74. The Morgan fingerprint density at radius 1 is 1.10 bits per heavy atom. The third kappa shape index (κ3) is 3.77. The van der Waals surface area contributed by atoms with Gasteiger partial charge in [-0.3, -0.25) is 4.55 Å². The Morgan fingerprint density at radius 3 is 2.00 bits per heavy atom. The van der Waals surface area contributed by atoms with Gasteiger partial charge in [-0.05, 0) is 11.1 Å². The van der Waals surface area contributed by atoms with Crippen LogP contribution in [0, 0.1) is 0 Å². The van der Waals surface area contributed by atoms with Gasteiger partial charge < -0.3 is 5.73 Å². The molecule has 0 radical (unpaired) electrons. The van der Waals surface area contributed by atoms with E-state index in [1.54, 1.807) is 0 Å². The molecule has 0 heterocycles. The van der Waals surface area contributed by atoms with Crippen LogP contribution in [0.1, 0.15) is 17.2 Å². The van der Waals surface area contributed by atoms with Gasteiger partial charge in [0.1, 0.15) is 0 Å². The van der Waals surface area contributed by atoms with Gasteiger partial charge in [-0.1, -0.05) is 36.4 Å². The summed E-state index contributed by atoms with van der Waals surface area (Å²) in [6, 6.07) is 8.32. The summed E-state index contributed by atoms with van der Waals surface area (Å²) in [6.45, 7) is 0. The Hall–Kier alpha value is -1.52. The van der Waals surface area contributed by atoms with Gasteiger partial charge in [-0.25, -0.2) is 0 Å². The minimum atomic E-state index is -6.42.